The van der Waals surface area contributed by atoms with Gasteiger partial charge in [0.1, 0.15) is 0 Å². The minimum atomic E-state index is -0.230. The quantitative estimate of drug-likeness (QED) is 0.0936. The van der Waals surface area contributed by atoms with Crippen molar-refractivity contribution < 1.29 is 18.9 Å². The van der Waals surface area contributed by atoms with Crippen LogP contribution in [0.2, 0.25) is 0 Å². The first kappa shape index (κ1) is 34.6. The van der Waals surface area contributed by atoms with Crippen molar-refractivity contribution in [1.29, 1.82) is 0 Å². The van der Waals surface area contributed by atoms with Gasteiger partial charge < -0.3 is 18.9 Å². The first-order valence-electron chi connectivity index (χ1n) is 17.8. The van der Waals surface area contributed by atoms with Crippen LogP contribution >= 0.6 is 0 Å². The third-order valence-corrected chi connectivity index (χ3v) is 8.87. The maximum Gasteiger partial charge on any atom is 0.180 e. The summed E-state index contributed by atoms with van der Waals surface area (Å²) in [5.74, 6) is 0.797. The summed E-state index contributed by atoms with van der Waals surface area (Å²) in [7, 11) is 0. The van der Waals surface area contributed by atoms with Crippen LogP contribution in [0.4, 0.5) is 0 Å². The lowest BCUT2D eigenvalue weighted by atomic mass is 9.88. The Balaban J connectivity index is 1.25. The lowest BCUT2D eigenvalue weighted by molar-refractivity contribution is -0.120. The maximum atomic E-state index is 6.23. The fourth-order valence-electron chi connectivity index (χ4n) is 6.73. The predicted molar refractivity (Wildman–Crippen MR) is 184 cm³/mol. The molecule has 4 heteroatoms. The Hall–Kier alpha value is -2.24. The summed E-state index contributed by atoms with van der Waals surface area (Å²) >= 11 is 0. The van der Waals surface area contributed by atoms with Crippen LogP contribution in [-0.4, -0.2) is 39.0 Å². The van der Waals surface area contributed by atoms with E-state index in [4.69, 9.17) is 18.9 Å². The molecule has 0 aliphatic heterocycles. The van der Waals surface area contributed by atoms with Gasteiger partial charge in [0, 0.05) is 38.3 Å². The highest BCUT2D eigenvalue weighted by Gasteiger charge is 2.32. The Bertz CT molecular complexity index is 1060. The molecule has 2 aromatic rings. The molecule has 0 bridgehead atoms. The highest BCUT2D eigenvalue weighted by atomic mass is 16.7. The summed E-state index contributed by atoms with van der Waals surface area (Å²) < 4.78 is 24.9. The van der Waals surface area contributed by atoms with Crippen molar-refractivity contribution in [3.05, 3.63) is 81.9 Å². The number of hydrogen-bond acceptors (Lipinski definition) is 4. The van der Waals surface area contributed by atoms with E-state index in [1.165, 1.54) is 71.9 Å². The zero-order valence-corrected chi connectivity index (χ0v) is 28.0. The lowest BCUT2D eigenvalue weighted by Crippen LogP contribution is -2.23. The molecule has 0 N–H and O–H groups in total. The first-order chi connectivity index (χ1) is 21.7. The Kier molecular flexibility index (Phi) is 15.2. The molecule has 0 saturated heterocycles. The average Bonchev–Trinajstić information content (AvgIpc) is 3.61. The number of rotatable bonds is 23. The van der Waals surface area contributed by atoms with Gasteiger partial charge in [-0.05, 0) is 84.1 Å². The van der Waals surface area contributed by atoms with Crippen molar-refractivity contribution >= 4 is 12.2 Å². The molecule has 2 aliphatic carbocycles. The second-order valence-electron chi connectivity index (χ2n) is 12.5. The van der Waals surface area contributed by atoms with Crippen LogP contribution in [0, 0.1) is 0 Å². The minimum Gasteiger partial charge on any atom is -0.349 e. The fraction of sp³-hybridized carbons (Fsp3) is 0.600. The first-order valence-corrected chi connectivity index (χ1v) is 17.8. The summed E-state index contributed by atoms with van der Waals surface area (Å²) in [6.07, 6.45) is 18.2. The molecule has 0 amide bonds. The molecule has 2 atom stereocenters. The van der Waals surface area contributed by atoms with Gasteiger partial charge in [0.05, 0.1) is 0 Å². The van der Waals surface area contributed by atoms with E-state index in [9.17, 15) is 0 Å². The van der Waals surface area contributed by atoms with Gasteiger partial charge in [-0.15, -0.1) is 0 Å². The van der Waals surface area contributed by atoms with E-state index in [0.29, 0.717) is 11.8 Å². The van der Waals surface area contributed by atoms with Gasteiger partial charge in [0.25, 0.3) is 0 Å². The topological polar surface area (TPSA) is 36.9 Å². The van der Waals surface area contributed by atoms with E-state index in [1.54, 1.807) is 0 Å². The molecule has 44 heavy (non-hydrogen) atoms. The van der Waals surface area contributed by atoms with Crippen LogP contribution in [0.25, 0.3) is 12.2 Å². The summed E-state index contributed by atoms with van der Waals surface area (Å²) in [5, 5.41) is 0. The molecule has 2 aromatic carbocycles. The van der Waals surface area contributed by atoms with Crippen LogP contribution in [0.15, 0.2) is 59.7 Å². The molecule has 0 spiro atoms. The van der Waals surface area contributed by atoms with E-state index >= 15 is 0 Å². The summed E-state index contributed by atoms with van der Waals surface area (Å²) in [6, 6.07) is 17.7. The molecule has 0 radical (unpaired) electrons. The van der Waals surface area contributed by atoms with Crippen molar-refractivity contribution in [1.82, 2.24) is 0 Å². The molecule has 4 nitrogen and oxygen atoms in total. The van der Waals surface area contributed by atoms with Crippen LogP contribution < -0.4 is 0 Å². The second-order valence-corrected chi connectivity index (χ2v) is 12.5. The molecule has 0 fully saturated rings. The van der Waals surface area contributed by atoms with E-state index in [2.05, 4.69) is 88.4 Å². The van der Waals surface area contributed by atoms with E-state index in [-0.39, 0.29) is 12.6 Å². The van der Waals surface area contributed by atoms with Gasteiger partial charge in [-0.25, -0.2) is 0 Å². The number of fused-ring (bicyclic) bond motifs is 2. The Morgan fingerprint density at radius 3 is 1.18 bits per heavy atom. The highest BCUT2D eigenvalue weighted by Crippen LogP contribution is 2.43. The van der Waals surface area contributed by atoms with Gasteiger partial charge >= 0.3 is 0 Å². The second kappa shape index (κ2) is 19.3. The molecule has 242 valence electrons. The number of unbranched alkanes of at least 4 members (excludes halogenated alkanes) is 5. The van der Waals surface area contributed by atoms with Crippen molar-refractivity contribution in [2.45, 2.75) is 129 Å². The third kappa shape index (κ3) is 9.63. The normalized spacial score (nSPS) is 17.3. The van der Waals surface area contributed by atoms with Crippen molar-refractivity contribution in [2.24, 2.45) is 0 Å². The van der Waals surface area contributed by atoms with Gasteiger partial charge in [-0.1, -0.05) is 115 Å². The van der Waals surface area contributed by atoms with Crippen molar-refractivity contribution in [3.8, 4) is 0 Å². The highest BCUT2D eigenvalue weighted by molar-refractivity contribution is 5.68. The summed E-state index contributed by atoms with van der Waals surface area (Å²) in [4.78, 5) is 0. The van der Waals surface area contributed by atoms with E-state index in [0.717, 1.165) is 65.0 Å². The van der Waals surface area contributed by atoms with Gasteiger partial charge in [0.15, 0.2) is 12.6 Å². The van der Waals surface area contributed by atoms with Gasteiger partial charge in [-0.2, -0.15) is 0 Å². The SMILES string of the molecule is CCCOC(OCCC)C1=Cc2ccccc2C1CCCCCCCCC1C(C(OCCC)OCCC)=Cc2ccccc21. The van der Waals surface area contributed by atoms with Crippen molar-refractivity contribution in [2.75, 3.05) is 26.4 Å². The lowest BCUT2D eigenvalue weighted by Gasteiger charge is -2.25. The number of ether oxygens (including phenoxy) is 4. The van der Waals surface area contributed by atoms with Crippen LogP contribution in [-0.2, 0) is 18.9 Å². The standard InChI is InChI=1S/C40H58O4/c1-5-25-41-39(42-26-6-2)37-29-31-19-15-17-21-33(31)35(37)23-13-11-9-10-12-14-24-36-34-22-18-16-20-32(34)30-38(36)40(43-27-7-3)44-28-8-4/h15-22,29-30,35-36,39-40H,5-14,23-28H2,1-4H3. The molecule has 4 rings (SSSR count). The number of benzene rings is 2. The molecular weight excluding hydrogens is 544 g/mol. The zero-order chi connectivity index (χ0) is 31.0. The average molecular weight is 603 g/mol. The van der Waals surface area contributed by atoms with Crippen LogP contribution in [0.3, 0.4) is 0 Å². The molecule has 0 heterocycles. The summed E-state index contributed by atoms with van der Waals surface area (Å²) in [6.45, 7) is 11.6. The Morgan fingerprint density at radius 1 is 0.477 bits per heavy atom. The van der Waals surface area contributed by atoms with Crippen LogP contribution in [0.5, 0.6) is 0 Å². The Labute approximate surface area is 268 Å². The van der Waals surface area contributed by atoms with Crippen LogP contribution in [0.1, 0.15) is 139 Å². The molecule has 2 unspecified atom stereocenters. The van der Waals surface area contributed by atoms with Gasteiger partial charge in [0.2, 0.25) is 0 Å². The fourth-order valence-corrected chi connectivity index (χ4v) is 6.73. The Morgan fingerprint density at radius 2 is 0.818 bits per heavy atom. The molecule has 0 aromatic heterocycles. The summed E-state index contributed by atoms with van der Waals surface area (Å²) in [5.41, 5.74) is 8.19. The minimum absolute atomic E-state index is 0.230. The largest absolute Gasteiger partial charge is 0.349 e. The van der Waals surface area contributed by atoms with E-state index in [1.807, 2.05) is 0 Å². The monoisotopic (exact) mass is 602 g/mol. The van der Waals surface area contributed by atoms with Gasteiger partial charge in [-0.3, -0.25) is 0 Å². The van der Waals surface area contributed by atoms with Crippen molar-refractivity contribution in [3.63, 3.8) is 0 Å². The smallest absolute Gasteiger partial charge is 0.180 e. The molecule has 2 aliphatic rings. The maximum absolute atomic E-state index is 6.23. The number of hydrogen-bond donors (Lipinski definition) is 0. The zero-order valence-electron chi connectivity index (χ0n) is 28.0. The molecule has 0 saturated carbocycles. The predicted octanol–water partition coefficient (Wildman–Crippen LogP) is 10.8. The van der Waals surface area contributed by atoms with E-state index < -0.39 is 0 Å². The molecular formula is C40H58O4. The third-order valence-electron chi connectivity index (χ3n) is 8.87.